The van der Waals surface area contributed by atoms with Gasteiger partial charge in [-0.3, -0.25) is 14.4 Å². The van der Waals surface area contributed by atoms with Crippen molar-refractivity contribution in [2.24, 2.45) is 4.99 Å². The number of halogens is 1. The first kappa shape index (κ1) is 26.7. The second-order valence-corrected chi connectivity index (χ2v) is 8.12. The van der Waals surface area contributed by atoms with Crippen molar-refractivity contribution in [3.63, 3.8) is 0 Å². The van der Waals surface area contributed by atoms with Gasteiger partial charge in [-0.25, -0.2) is 4.99 Å². The molecule has 9 nitrogen and oxygen atoms in total. The van der Waals surface area contributed by atoms with Gasteiger partial charge >= 0.3 is 0 Å². The largest absolute Gasteiger partial charge is 0.357 e. The number of hydrogen-bond donors (Lipinski definition) is 4. The van der Waals surface area contributed by atoms with Crippen LogP contribution in [0.5, 0.6) is 0 Å². The summed E-state index contributed by atoms with van der Waals surface area (Å²) >= 11 is 0. The highest BCUT2D eigenvalue weighted by Crippen LogP contribution is 2.10. The van der Waals surface area contributed by atoms with Crippen LogP contribution in [0.3, 0.4) is 0 Å². The van der Waals surface area contributed by atoms with Gasteiger partial charge < -0.3 is 26.2 Å². The number of benzene rings is 1. The molecule has 31 heavy (non-hydrogen) atoms. The Bertz CT molecular complexity index is 789. The number of amides is 3. The normalized spacial score (nSPS) is 14.3. The predicted molar refractivity (Wildman–Crippen MR) is 131 cm³/mol. The third kappa shape index (κ3) is 9.53. The lowest BCUT2D eigenvalue weighted by Crippen LogP contribution is -2.49. The van der Waals surface area contributed by atoms with Crippen LogP contribution in [0.15, 0.2) is 29.3 Å². The molecule has 1 aliphatic rings. The zero-order valence-corrected chi connectivity index (χ0v) is 20.9. The average molecular weight is 544 g/mol. The predicted octanol–water partition coefficient (Wildman–Crippen LogP) is 0.846. The van der Waals surface area contributed by atoms with Gasteiger partial charge in [-0.1, -0.05) is 12.1 Å². The maximum absolute atomic E-state index is 12.5. The van der Waals surface area contributed by atoms with Gasteiger partial charge in [0.25, 0.3) is 5.91 Å². The minimum atomic E-state index is -0.286. The minimum absolute atomic E-state index is 0. The topological polar surface area (TPSA) is 115 Å². The fourth-order valence-electron chi connectivity index (χ4n) is 2.89. The van der Waals surface area contributed by atoms with Crippen molar-refractivity contribution in [1.29, 1.82) is 0 Å². The highest BCUT2D eigenvalue weighted by atomic mass is 127. The molecule has 4 N–H and O–H groups in total. The lowest BCUT2D eigenvalue weighted by atomic mass is 10.1. The molecule has 1 heterocycles. The Balaban J connectivity index is 0.00000480. The summed E-state index contributed by atoms with van der Waals surface area (Å²) in [6, 6.07) is 7.18. The Labute approximate surface area is 200 Å². The monoisotopic (exact) mass is 544 g/mol. The van der Waals surface area contributed by atoms with Crippen LogP contribution in [0.2, 0.25) is 0 Å². The quantitative estimate of drug-likeness (QED) is 0.241. The average Bonchev–Trinajstić information content (AvgIpc) is 2.68. The zero-order chi connectivity index (χ0) is 22.1. The van der Waals surface area contributed by atoms with Crippen LogP contribution >= 0.6 is 24.0 Å². The fourth-order valence-corrected chi connectivity index (χ4v) is 2.89. The number of rotatable bonds is 6. The van der Waals surface area contributed by atoms with Crippen LogP contribution in [0.4, 0.5) is 0 Å². The molecule has 1 aliphatic heterocycles. The summed E-state index contributed by atoms with van der Waals surface area (Å²) in [7, 11) is 0. The summed E-state index contributed by atoms with van der Waals surface area (Å²) in [5.74, 6) is 0.142. The maximum Gasteiger partial charge on any atom is 0.254 e. The van der Waals surface area contributed by atoms with E-state index >= 15 is 0 Å². The molecular formula is C21H33IN6O3. The third-order valence-electron chi connectivity index (χ3n) is 4.22. The SMILES string of the molecule is CCNC(=NCc1ccc(C(=O)N2CCNC(=O)C2)cc1)NCC(=O)NC(C)(C)C.I. The maximum atomic E-state index is 12.5. The van der Waals surface area contributed by atoms with Crippen LogP contribution in [0.25, 0.3) is 0 Å². The number of piperazine rings is 1. The van der Waals surface area contributed by atoms with Crippen molar-refractivity contribution < 1.29 is 14.4 Å². The standard InChI is InChI=1S/C21H32N6O3.HI/c1-5-22-20(25-13-17(28)26-21(2,3)4)24-12-15-6-8-16(9-7-15)19(30)27-11-10-23-18(29)14-27;/h6-9H,5,10-14H2,1-4H3,(H,23,29)(H,26,28)(H2,22,24,25);1H. The molecule has 0 aromatic heterocycles. The van der Waals surface area contributed by atoms with Crippen molar-refractivity contribution in [2.75, 3.05) is 32.7 Å². The Morgan fingerprint density at radius 1 is 1.16 bits per heavy atom. The van der Waals surface area contributed by atoms with E-state index in [0.717, 1.165) is 5.56 Å². The van der Waals surface area contributed by atoms with E-state index in [0.29, 0.717) is 37.7 Å². The van der Waals surface area contributed by atoms with Gasteiger partial charge in [0.1, 0.15) is 0 Å². The smallest absolute Gasteiger partial charge is 0.254 e. The molecule has 3 amide bonds. The van der Waals surface area contributed by atoms with Crippen molar-refractivity contribution >= 4 is 47.7 Å². The number of carbonyl (C=O) groups is 3. The molecule has 1 aromatic carbocycles. The molecule has 0 atom stereocenters. The zero-order valence-electron chi connectivity index (χ0n) is 18.6. The molecular weight excluding hydrogens is 511 g/mol. The first-order valence-corrected chi connectivity index (χ1v) is 10.2. The lowest BCUT2D eigenvalue weighted by Gasteiger charge is -2.26. The van der Waals surface area contributed by atoms with Crippen LogP contribution in [-0.4, -0.2) is 66.8 Å². The molecule has 0 saturated carbocycles. The molecule has 1 saturated heterocycles. The van der Waals surface area contributed by atoms with Crippen LogP contribution in [0.1, 0.15) is 43.6 Å². The molecule has 10 heteroatoms. The Hall–Kier alpha value is -2.37. The first-order valence-electron chi connectivity index (χ1n) is 10.2. The Morgan fingerprint density at radius 2 is 1.84 bits per heavy atom. The van der Waals surface area contributed by atoms with Gasteiger partial charge in [0.15, 0.2) is 5.96 Å². The number of carbonyl (C=O) groups excluding carboxylic acids is 3. The van der Waals surface area contributed by atoms with Crippen LogP contribution < -0.4 is 21.3 Å². The lowest BCUT2D eigenvalue weighted by molar-refractivity contribution is -0.123. The van der Waals surface area contributed by atoms with E-state index in [1.54, 1.807) is 17.0 Å². The Morgan fingerprint density at radius 3 is 2.42 bits per heavy atom. The first-order chi connectivity index (χ1) is 14.2. The van der Waals surface area contributed by atoms with Crippen molar-refractivity contribution in [1.82, 2.24) is 26.2 Å². The second-order valence-electron chi connectivity index (χ2n) is 8.12. The summed E-state index contributed by atoms with van der Waals surface area (Å²) in [4.78, 5) is 42.0. The number of guanidine groups is 1. The number of aliphatic imine (C=N–C) groups is 1. The number of hydrogen-bond acceptors (Lipinski definition) is 4. The molecule has 1 fully saturated rings. The summed E-state index contributed by atoms with van der Waals surface area (Å²) in [5.41, 5.74) is 1.19. The number of nitrogens with one attached hydrogen (secondary N) is 4. The molecule has 0 bridgehead atoms. The van der Waals surface area contributed by atoms with Gasteiger partial charge in [-0.05, 0) is 45.4 Å². The molecule has 2 rings (SSSR count). The van der Waals surface area contributed by atoms with E-state index in [-0.39, 0.29) is 60.3 Å². The van der Waals surface area contributed by atoms with E-state index in [2.05, 4.69) is 26.3 Å². The summed E-state index contributed by atoms with van der Waals surface area (Å²) < 4.78 is 0. The van der Waals surface area contributed by atoms with Gasteiger partial charge in [0.05, 0.1) is 19.6 Å². The van der Waals surface area contributed by atoms with Gasteiger partial charge in [0.2, 0.25) is 11.8 Å². The van der Waals surface area contributed by atoms with E-state index in [1.165, 1.54) is 0 Å². The van der Waals surface area contributed by atoms with Crippen molar-refractivity contribution in [3.8, 4) is 0 Å². The van der Waals surface area contributed by atoms with E-state index in [9.17, 15) is 14.4 Å². The third-order valence-corrected chi connectivity index (χ3v) is 4.22. The molecule has 0 spiro atoms. The van der Waals surface area contributed by atoms with E-state index < -0.39 is 0 Å². The molecule has 0 aliphatic carbocycles. The van der Waals surface area contributed by atoms with E-state index in [1.807, 2.05) is 39.8 Å². The summed E-state index contributed by atoms with van der Waals surface area (Å²) in [5, 5.41) is 11.7. The number of nitrogens with zero attached hydrogens (tertiary/aromatic N) is 2. The Kier molecular flexibility index (Phi) is 10.7. The van der Waals surface area contributed by atoms with Gasteiger partial charge in [0, 0.05) is 30.7 Å². The van der Waals surface area contributed by atoms with Crippen molar-refractivity contribution in [3.05, 3.63) is 35.4 Å². The summed E-state index contributed by atoms with van der Waals surface area (Å²) in [6.07, 6.45) is 0. The van der Waals surface area contributed by atoms with Gasteiger partial charge in [-0.2, -0.15) is 0 Å². The molecule has 0 radical (unpaired) electrons. The highest BCUT2D eigenvalue weighted by Gasteiger charge is 2.22. The molecule has 172 valence electrons. The van der Waals surface area contributed by atoms with Gasteiger partial charge in [-0.15, -0.1) is 24.0 Å². The molecule has 0 unspecified atom stereocenters. The van der Waals surface area contributed by atoms with Crippen LogP contribution in [-0.2, 0) is 16.1 Å². The fraction of sp³-hybridized carbons (Fsp3) is 0.524. The molecule has 1 aromatic rings. The summed E-state index contributed by atoms with van der Waals surface area (Å²) in [6.45, 7) is 10.0. The second kappa shape index (κ2) is 12.5. The highest BCUT2D eigenvalue weighted by molar-refractivity contribution is 14.0. The van der Waals surface area contributed by atoms with Crippen molar-refractivity contribution in [2.45, 2.75) is 39.8 Å². The van der Waals surface area contributed by atoms with Crippen LogP contribution in [0, 0.1) is 0 Å². The minimum Gasteiger partial charge on any atom is -0.357 e. The van der Waals surface area contributed by atoms with E-state index in [4.69, 9.17) is 0 Å².